The summed E-state index contributed by atoms with van der Waals surface area (Å²) in [7, 11) is 0. The lowest BCUT2D eigenvalue weighted by Gasteiger charge is -2.10. The average molecular weight is 340 g/mol. The van der Waals surface area contributed by atoms with E-state index in [0.29, 0.717) is 35.5 Å². The van der Waals surface area contributed by atoms with Gasteiger partial charge in [-0.05, 0) is 37.6 Å². The lowest BCUT2D eigenvalue weighted by molar-refractivity contribution is 0.0925. The number of carbonyl (C=O) groups is 2. The van der Waals surface area contributed by atoms with Crippen LogP contribution in [0.2, 0.25) is 0 Å². The van der Waals surface area contributed by atoms with Gasteiger partial charge in [-0.25, -0.2) is 4.39 Å². The molecule has 1 amide bonds. The van der Waals surface area contributed by atoms with Crippen LogP contribution in [0.3, 0.4) is 0 Å². The zero-order valence-electron chi connectivity index (χ0n) is 13.7. The summed E-state index contributed by atoms with van der Waals surface area (Å²) in [6, 6.07) is 6.27. The third-order valence-electron chi connectivity index (χ3n) is 4.55. The number of fused-ring (bicyclic) bond motifs is 2. The first-order valence-corrected chi connectivity index (χ1v) is 8.24. The smallest absolute Gasteiger partial charge is 0.255 e. The number of ketones is 1. The highest BCUT2D eigenvalue weighted by Gasteiger charge is 2.30. The Balaban J connectivity index is 1.56. The van der Waals surface area contributed by atoms with Crippen molar-refractivity contribution in [3.05, 3.63) is 58.4 Å². The molecular formula is C19H17FN2O3. The van der Waals surface area contributed by atoms with Crippen molar-refractivity contribution in [2.24, 2.45) is 0 Å². The van der Waals surface area contributed by atoms with Gasteiger partial charge in [-0.2, -0.15) is 0 Å². The number of halogens is 1. The highest BCUT2D eigenvalue weighted by Crippen LogP contribution is 2.29. The predicted molar refractivity (Wildman–Crippen MR) is 90.1 cm³/mol. The Labute approximate surface area is 143 Å². The second-order valence-corrected chi connectivity index (χ2v) is 6.32. The molecule has 0 radical (unpaired) electrons. The SMILES string of the molecule is Cc1oc2c(c1C(=O)NCc1cc3cc(F)ccc3[nH]1)C(=O)CCC2. The number of hydrogen-bond donors (Lipinski definition) is 2. The average Bonchev–Trinajstić information content (AvgIpc) is 3.12. The van der Waals surface area contributed by atoms with Crippen LogP contribution in [-0.2, 0) is 13.0 Å². The largest absolute Gasteiger partial charge is 0.465 e. The lowest BCUT2D eigenvalue weighted by atomic mass is 9.93. The lowest BCUT2D eigenvalue weighted by Crippen LogP contribution is -2.25. The van der Waals surface area contributed by atoms with Crippen molar-refractivity contribution in [2.45, 2.75) is 32.7 Å². The number of Topliss-reactive ketones (excluding diaryl/α,β-unsaturated/α-hetero) is 1. The monoisotopic (exact) mass is 340 g/mol. The predicted octanol–water partition coefficient (Wildman–Crippen LogP) is 3.66. The van der Waals surface area contributed by atoms with E-state index in [1.165, 1.54) is 12.1 Å². The fourth-order valence-corrected chi connectivity index (χ4v) is 3.40. The van der Waals surface area contributed by atoms with Gasteiger partial charge in [0.25, 0.3) is 5.91 Å². The molecule has 0 unspecified atom stereocenters. The molecule has 2 heterocycles. The van der Waals surface area contributed by atoms with Crippen LogP contribution in [0, 0.1) is 12.7 Å². The third kappa shape index (κ3) is 2.73. The maximum Gasteiger partial charge on any atom is 0.255 e. The Morgan fingerprint density at radius 3 is 3.00 bits per heavy atom. The molecular weight excluding hydrogens is 323 g/mol. The van der Waals surface area contributed by atoms with Gasteiger partial charge in [0.05, 0.1) is 17.7 Å². The van der Waals surface area contributed by atoms with E-state index < -0.39 is 0 Å². The first-order valence-electron chi connectivity index (χ1n) is 8.24. The molecule has 0 aliphatic heterocycles. The summed E-state index contributed by atoms with van der Waals surface area (Å²) in [6.45, 7) is 1.95. The fourth-order valence-electron chi connectivity index (χ4n) is 3.40. The van der Waals surface area contributed by atoms with Gasteiger partial charge in [-0.15, -0.1) is 0 Å². The van der Waals surface area contributed by atoms with Crippen molar-refractivity contribution in [2.75, 3.05) is 0 Å². The second-order valence-electron chi connectivity index (χ2n) is 6.32. The van der Waals surface area contributed by atoms with Crippen molar-refractivity contribution >= 4 is 22.6 Å². The van der Waals surface area contributed by atoms with Gasteiger partial charge >= 0.3 is 0 Å². The maximum atomic E-state index is 13.3. The standard InChI is InChI=1S/C19H17FN2O3/c1-10-17(18-15(23)3-2-4-16(18)25-10)19(24)21-9-13-8-11-7-12(20)5-6-14(11)22-13/h5-8,22H,2-4,9H2,1H3,(H,21,24). The second kappa shape index (κ2) is 5.88. The Morgan fingerprint density at radius 1 is 1.32 bits per heavy atom. The topological polar surface area (TPSA) is 75.1 Å². The fraction of sp³-hybridized carbons (Fsp3) is 0.263. The quantitative estimate of drug-likeness (QED) is 0.764. The zero-order valence-corrected chi connectivity index (χ0v) is 13.7. The van der Waals surface area contributed by atoms with Gasteiger partial charge in [0, 0.05) is 29.4 Å². The summed E-state index contributed by atoms with van der Waals surface area (Å²) in [4.78, 5) is 27.9. The number of hydrogen-bond acceptors (Lipinski definition) is 3. The molecule has 0 saturated carbocycles. The molecule has 0 atom stereocenters. The van der Waals surface area contributed by atoms with Crippen LogP contribution in [0.5, 0.6) is 0 Å². The van der Waals surface area contributed by atoms with Gasteiger partial charge in [-0.3, -0.25) is 9.59 Å². The number of rotatable bonds is 3. The number of H-pyrrole nitrogens is 1. The molecule has 0 bridgehead atoms. The molecule has 6 heteroatoms. The van der Waals surface area contributed by atoms with E-state index in [2.05, 4.69) is 10.3 Å². The van der Waals surface area contributed by atoms with Crippen molar-refractivity contribution in [1.82, 2.24) is 10.3 Å². The third-order valence-corrected chi connectivity index (χ3v) is 4.55. The molecule has 0 fully saturated rings. The summed E-state index contributed by atoms with van der Waals surface area (Å²) >= 11 is 0. The van der Waals surface area contributed by atoms with Gasteiger partial charge in [0.15, 0.2) is 5.78 Å². The molecule has 3 aromatic rings. The minimum atomic E-state index is -0.331. The van der Waals surface area contributed by atoms with Crippen molar-refractivity contribution < 1.29 is 18.4 Å². The van der Waals surface area contributed by atoms with Crippen LogP contribution in [0.15, 0.2) is 28.7 Å². The number of furan rings is 1. The molecule has 0 spiro atoms. The summed E-state index contributed by atoms with van der Waals surface area (Å²) < 4.78 is 18.9. The van der Waals surface area contributed by atoms with Crippen LogP contribution in [0.1, 0.15) is 50.8 Å². The number of aromatic amines is 1. The van der Waals surface area contributed by atoms with E-state index >= 15 is 0 Å². The summed E-state index contributed by atoms with van der Waals surface area (Å²) in [5, 5.41) is 3.56. The number of amides is 1. The Bertz CT molecular complexity index is 1000. The van der Waals surface area contributed by atoms with Crippen LogP contribution in [0.25, 0.3) is 10.9 Å². The van der Waals surface area contributed by atoms with Gasteiger partial charge in [-0.1, -0.05) is 0 Å². The molecule has 2 N–H and O–H groups in total. The maximum absolute atomic E-state index is 13.3. The van der Waals surface area contributed by atoms with Crippen molar-refractivity contribution in [1.29, 1.82) is 0 Å². The van der Waals surface area contributed by atoms with Gasteiger partial charge < -0.3 is 14.7 Å². The van der Waals surface area contributed by atoms with E-state index in [1.54, 1.807) is 19.1 Å². The summed E-state index contributed by atoms with van der Waals surface area (Å²) in [5.74, 6) is 0.407. The molecule has 1 aromatic carbocycles. The Hall–Kier alpha value is -2.89. The van der Waals surface area contributed by atoms with Crippen LogP contribution >= 0.6 is 0 Å². The summed E-state index contributed by atoms with van der Waals surface area (Å²) in [5.41, 5.74) is 2.33. The molecule has 1 aliphatic carbocycles. The highest BCUT2D eigenvalue weighted by molar-refractivity contribution is 6.10. The molecule has 4 rings (SSSR count). The first kappa shape index (κ1) is 15.6. The number of aryl methyl sites for hydroxylation is 2. The van der Waals surface area contributed by atoms with Crippen molar-refractivity contribution in [3.8, 4) is 0 Å². The number of aromatic nitrogens is 1. The minimum absolute atomic E-state index is 0.0377. The number of nitrogens with one attached hydrogen (secondary N) is 2. The number of benzene rings is 1. The van der Waals surface area contributed by atoms with E-state index in [0.717, 1.165) is 23.0 Å². The van der Waals surface area contributed by atoms with E-state index in [1.807, 2.05) is 0 Å². The van der Waals surface area contributed by atoms with Crippen molar-refractivity contribution in [3.63, 3.8) is 0 Å². The Morgan fingerprint density at radius 2 is 2.16 bits per heavy atom. The van der Waals surface area contributed by atoms with Gasteiger partial charge in [0.1, 0.15) is 17.3 Å². The van der Waals surface area contributed by atoms with E-state index in [4.69, 9.17) is 4.42 Å². The van der Waals surface area contributed by atoms with Crippen LogP contribution in [-0.4, -0.2) is 16.7 Å². The molecule has 0 saturated heterocycles. The van der Waals surface area contributed by atoms with Crippen LogP contribution in [0.4, 0.5) is 4.39 Å². The summed E-state index contributed by atoms with van der Waals surface area (Å²) in [6.07, 6.45) is 1.88. The van der Waals surface area contributed by atoms with E-state index in [9.17, 15) is 14.0 Å². The number of carbonyl (C=O) groups excluding carboxylic acids is 2. The zero-order chi connectivity index (χ0) is 17.6. The van der Waals surface area contributed by atoms with Crippen LogP contribution < -0.4 is 5.32 Å². The molecule has 5 nitrogen and oxygen atoms in total. The Kier molecular flexibility index (Phi) is 3.67. The van der Waals surface area contributed by atoms with Gasteiger partial charge in [0.2, 0.25) is 0 Å². The van der Waals surface area contributed by atoms with E-state index in [-0.39, 0.29) is 24.1 Å². The minimum Gasteiger partial charge on any atom is -0.465 e. The highest BCUT2D eigenvalue weighted by atomic mass is 19.1. The first-order chi connectivity index (χ1) is 12.0. The molecule has 1 aliphatic rings. The normalized spacial score (nSPS) is 13.9. The molecule has 128 valence electrons. The molecule has 25 heavy (non-hydrogen) atoms. The molecule has 2 aromatic heterocycles.